The number of nitrogens with zero attached hydrogens (tertiary/aromatic N) is 2. The molecule has 2 aliphatic rings. The van der Waals surface area contributed by atoms with Crippen molar-refractivity contribution in [1.82, 2.24) is 9.47 Å². The number of hydrogen-bond donors (Lipinski definition) is 1. The highest BCUT2D eigenvalue weighted by Gasteiger charge is 2.74. The van der Waals surface area contributed by atoms with Gasteiger partial charge < -0.3 is 14.7 Å². The molecule has 152 valence electrons. The molecule has 0 spiro atoms. The van der Waals surface area contributed by atoms with Crippen LogP contribution in [-0.2, 0) is 29.0 Å². The predicted molar refractivity (Wildman–Crippen MR) is 93.8 cm³/mol. The molecule has 3 rings (SSSR count). The van der Waals surface area contributed by atoms with Crippen molar-refractivity contribution < 1.29 is 37.4 Å². The Morgan fingerprint density at radius 3 is 2.36 bits per heavy atom. The Bertz CT molecular complexity index is 993. The first-order chi connectivity index (χ1) is 12.8. The minimum absolute atomic E-state index is 0.146. The van der Waals surface area contributed by atoms with Crippen molar-refractivity contribution in [3.05, 3.63) is 24.0 Å². The van der Waals surface area contributed by atoms with Gasteiger partial charge in [-0.1, -0.05) is 0 Å². The zero-order chi connectivity index (χ0) is 21.2. The SMILES string of the molecule is CC(=O)OC(c1cccn1C(C)=O)[C@@H]1C(=O)N2[C@@H](C(=O)O)C(C)(C)S(=O)(=O)[C@H]12. The summed E-state index contributed by atoms with van der Waals surface area (Å²) in [6.45, 7) is 4.87. The lowest BCUT2D eigenvalue weighted by Gasteiger charge is -2.45. The lowest BCUT2D eigenvalue weighted by atomic mass is 9.86. The number of carbonyl (C=O) groups excluding carboxylic acids is 3. The number of carbonyl (C=O) groups is 4. The average molecular weight is 412 g/mol. The van der Waals surface area contributed by atoms with E-state index in [9.17, 15) is 32.7 Å². The maximum absolute atomic E-state index is 13.1. The van der Waals surface area contributed by atoms with Crippen LogP contribution in [0, 0.1) is 5.92 Å². The van der Waals surface area contributed by atoms with Crippen LogP contribution in [0.3, 0.4) is 0 Å². The Balaban J connectivity index is 2.13. The number of aliphatic carboxylic acids is 1. The van der Waals surface area contributed by atoms with Gasteiger partial charge in [0.05, 0.1) is 10.4 Å². The quantitative estimate of drug-likeness (QED) is 0.546. The van der Waals surface area contributed by atoms with Gasteiger partial charge in [0.1, 0.15) is 12.0 Å². The van der Waals surface area contributed by atoms with Crippen LogP contribution in [-0.4, -0.2) is 62.9 Å². The van der Waals surface area contributed by atoms with Crippen LogP contribution in [0.15, 0.2) is 18.3 Å². The lowest BCUT2D eigenvalue weighted by molar-refractivity contribution is -0.176. The Morgan fingerprint density at radius 1 is 1.25 bits per heavy atom. The lowest BCUT2D eigenvalue weighted by Crippen LogP contribution is -2.65. The Kier molecular flexibility index (Phi) is 4.41. The second-order valence-electron chi connectivity index (χ2n) is 7.40. The zero-order valence-corrected chi connectivity index (χ0v) is 16.5. The number of rotatable bonds is 4. The summed E-state index contributed by atoms with van der Waals surface area (Å²) in [7, 11) is -4.11. The van der Waals surface area contributed by atoms with Crippen LogP contribution in [0.1, 0.15) is 44.3 Å². The fourth-order valence-electron chi connectivity index (χ4n) is 4.03. The molecule has 1 aromatic heterocycles. The van der Waals surface area contributed by atoms with E-state index in [-0.39, 0.29) is 5.69 Å². The number of carboxylic acid groups (broad SMARTS) is 1. The third kappa shape index (κ3) is 2.49. The number of ether oxygens (including phenoxy) is 1. The van der Waals surface area contributed by atoms with Gasteiger partial charge in [0.25, 0.3) is 0 Å². The maximum Gasteiger partial charge on any atom is 0.328 e. The topological polar surface area (TPSA) is 140 Å². The molecule has 1 N–H and O–H groups in total. The molecule has 1 amide bonds. The molecular weight excluding hydrogens is 392 g/mol. The summed E-state index contributed by atoms with van der Waals surface area (Å²) in [6, 6.07) is 1.40. The number of carboxylic acids is 1. The van der Waals surface area contributed by atoms with Crippen LogP contribution >= 0.6 is 0 Å². The molecule has 0 saturated carbocycles. The monoisotopic (exact) mass is 412 g/mol. The number of hydrogen-bond acceptors (Lipinski definition) is 7. The Morgan fingerprint density at radius 2 is 1.86 bits per heavy atom. The number of sulfone groups is 1. The molecule has 4 atom stereocenters. The number of aromatic nitrogens is 1. The second kappa shape index (κ2) is 6.16. The molecule has 2 fully saturated rings. The normalized spacial score (nSPS) is 28.2. The third-order valence-electron chi connectivity index (χ3n) is 5.37. The van der Waals surface area contributed by atoms with E-state index in [2.05, 4.69) is 0 Å². The highest BCUT2D eigenvalue weighted by molar-refractivity contribution is 7.93. The summed E-state index contributed by atoms with van der Waals surface area (Å²) in [6.07, 6.45) is 0.0608. The highest BCUT2D eigenvalue weighted by Crippen LogP contribution is 2.52. The molecular formula is C17H20N2O8S. The number of fused-ring (bicyclic) bond motifs is 1. The van der Waals surface area contributed by atoms with Gasteiger partial charge in [0.15, 0.2) is 21.3 Å². The fraction of sp³-hybridized carbons (Fsp3) is 0.529. The molecule has 11 heteroatoms. The molecule has 1 aromatic rings. The summed E-state index contributed by atoms with van der Waals surface area (Å²) in [5, 5.41) is 8.04. The first-order valence-electron chi connectivity index (χ1n) is 8.48. The van der Waals surface area contributed by atoms with Crippen LogP contribution in [0.25, 0.3) is 0 Å². The summed E-state index contributed by atoms with van der Waals surface area (Å²) >= 11 is 0. The van der Waals surface area contributed by atoms with E-state index >= 15 is 0 Å². The van der Waals surface area contributed by atoms with E-state index in [0.29, 0.717) is 0 Å². The third-order valence-corrected chi connectivity index (χ3v) is 8.22. The Labute approximate surface area is 161 Å². The molecule has 10 nitrogen and oxygen atoms in total. The van der Waals surface area contributed by atoms with Gasteiger partial charge in [0, 0.05) is 20.0 Å². The van der Waals surface area contributed by atoms with E-state index < -0.39 is 61.8 Å². The first-order valence-corrected chi connectivity index (χ1v) is 10.0. The van der Waals surface area contributed by atoms with E-state index in [1.807, 2.05) is 0 Å². The molecule has 2 aliphatic heterocycles. The van der Waals surface area contributed by atoms with Gasteiger partial charge in [-0.05, 0) is 26.0 Å². The molecule has 0 aliphatic carbocycles. The first kappa shape index (κ1) is 20.1. The average Bonchev–Trinajstić information content (AvgIpc) is 3.08. The zero-order valence-electron chi connectivity index (χ0n) is 15.6. The van der Waals surface area contributed by atoms with Gasteiger partial charge in [-0.15, -0.1) is 0 Å². The summed E-state index contributed by atoms with van der Waals surface area (Å²) < 4.78 is 30.8. The van der Waals surface area contributed by atoms with Crippen molar-refractivity contribution in [2.24, 2.45) is 5.92 Å². The number of amides is 1. The van der Waals surface area contributed by atoms with Gasteiger partial charge in [-0.3, -0.25) is 19.0 Å². The maximum atomic E-state index is 13.1. The molecule has 0 aromatic carbocycles. The molecule has 0 bridgehead atoms. The minimum atomic E-state index is -4.11. The highest BCUT2D eigenvalue weighted by atomic mass is 32.2. The largest absolute Gasteiger partial charge is 0.480 e. The second-order valence-corrected chi connectivity index (χ2v) is 10.0. The smallest absolute Gasteiger partial charge is 0.328 e. The van der Waals surface area contributed by atoms with Gasteiger partial charge in [0.2, 0.25) is 11.8 Å². The van der Waals surface area contributed by atoms with E-state index in [0.717, 1.165) is 16.4 Å². The Hall–Kier alpha value is -2.69. The number of esters is 1. The van der Waals surface area contributed by atoms with Gasteiger partial charge in [-0.25, -0.2) is 13.2 Å². The molecule has 3 heterocycles. The van der Waals surface area contributed by atoms with Crippen molar-refractivity contribution in [3.63, 3.8) is 0 Å². The predicted octanol–water partition coefficient (Wildman–Crippen LogP) is 0.197. The summed E-state index contributed by atoms with van der Waals surface area (Å²) in [4.78, 5) is 48.8. The van der Waals surface area contributed by atoms with Crippen LogP contribution < -0.4 is 0 Å². The van der Waals surface area contributed by atoms with Crippen LogP contribution in [0.5, 0.6) is 0 Å². The molecule has 28 heavy (non-hydrogen) atoms. The molecule has 1 unspecified atom stereocenters. The fourth-order valence-corrected chi connectivity index (χ4v) is 6.35. The summed E-state index contributed by atoms with van der Waals surface area (Å²) in [5.41, 5.74) is 0.146. The van der Waals surface area contributed by atoms with Crippen molar-refractivity contribution in [3.8, 4) is 0 Å². The molecule has 2 saturated heterocycles. The van der Waals surface area contributed by atoms with E-state index in [1.165, 1.54) is 39.1 Å². The van der Waals surface area contributed by atoms with Crippen molar-refractivity contribution >= 4 is 33.6 Å². The van der Waals surface area contributed by atoms with Crippen molar-refractivity contribution in [1.29, 1.82) is 0 Å². The summed E-state index contributed by atoms with van der Waals surface area (Å²) in [5.74, 6) is -4.71. The van der Waals surface area contributed by atoms with E-state index in [4.69, 9.17) is 4.74 Å². The standard InChI is InChI=1S/C17H20N2O8S/c1-8(20)18-7-5-6-10(18)12(27-9(2)21)11-14(22)19-13(16(23)24)17(3,4)28(25,26)15(11)19/h5-7,11-13,15H,1-4H3,(H,23,24)/t11-,12?,13+,15-/m1/s1. The van der Waals surface area contributed by atoms with Crippen molar-refractivity contribution in [2.45, 2.75) is 50.0 Å². The van der Waals surface area contributed by atoms with Crippen LogP contribution in [0.2, 0.25) is 0 Å². The minimum Gasteiger partial charge on any atom is -0.480 e. The molecule has 0 radical (unpaired) electrons. The number of β-lactam (4-membered cyclic amide) rings is 1. The van der Waals surface area contributed by atoms with Gasteiger partial charge in [-0.2, -0.15) is 0 Å². The van der Waals surface area contributed by atoms with Crippen molar-refractivity contribution in [2.75, 3.05) is 0 Å². The van der Waals surface area contributed by atoms with E-state index in [1.54, 1.807) is 0 Å². The van der Waals surface area contributed by atoms with Gasteiger partial charge >= 0.3 is 11.9 Å². The van der Waals surface area contributed by atoms with Crippen LogP contribution in [0.4, 0.5) is 0 Å².